The second-order valence-electron chi connectivity index (χ2n) is 7.65. The van der Waals surface area contributed by atoms with Crippen molar-refractivity contribution in [2.24, 2.45) is 5.92 Å². The molecule has 8 nitrogen and oxygen atoms in total. The van der Waals surface area contributed by atoms with Gasteiger partial charge in [-0.05, 0) is 24.3 Å². The lowest BCUT2D eigenvalue weighted by Gasteiger charge is -2.35. The summed E-state index contributed by atoms with van der Waals surface area (Å²) in [6.45, 7) is 1.42. The fourth-order valence-corrected chi connectivity index (χ4v) is 5.49. The van der Waals surface area contributed by atoms with Crippen LogP contribution in [0, 0.1) is 5.92 Å². The molecule has 2 aliphatic heterocycles. The molecule has 0 N–H and O–H groups in total. The predicted octanol–water partition coefficient (Wildman–Crippen LogP) is 1.58. The Balaban J connectivity index is 1.38. The van der Waals surface area contributed by atoms with Crippen LogP contribution in [0.1, 0.15) is 6.42 Å². The number of benzene rings is 2. The molecule has 2 amide bonds. The van der Waals surface area contributed by atoms with Crippen LogP contribution in [-0.4, -0.2) is 69.3 Å². The van der Waals surface area contributed by atoms with E-state index in [-0.39, 0.29) is 36.2 Å². The number of piperazine rings is 1. The summed E-state index contributed by atoms with van der Waals surface area (Å²) in [6, 6.07) is 15.5. The lowest BCUT2D eigenvalue weighted by molar-refractivity contribution is -0.136. The van der Waals surface area contributed by atoms with Gasteiger partial charge in [0.2, 0.25) is 21.8 Å². The number of nitrogens with zero attached hydrogens (tertiary/aromatic N) is 3. The van der Waals surface area contributed by atoms with Gasteiger partial charge in [0.15, 0.2) is 0 Å². The number of ether oxygens (including phenoxy) is 1. The van der Waals surface area contributed by atoms with Crippen LogP contribution < -0.4 is 9.64 Å². The van der Waals surface area contributed by atoms with Gasteiger partial charge in [-0.25, -0.2) is 8.42 Å². The van der Waals surface area contributed by atoms with Crippen LogP contribution in [0.3, 0.4) is 0 Å². The van der Waals surface area contributed by atoms with Gasteiger partial charge in [0.05, 0.1) is 17.9 Å². The molecule has 31 heavy (non-hydrogen) atoms. The normalized spacial score (nSPS) is 20.2. The van der Waals surface area contributed by atoms with Gasteiger partial charge in [-0.15, -0.1) is 0 Å². The molecule has 2 aromatic rings. The van der Waals surface area contributed by atoms with E-state index in [0.29, 0.717) is 31.1 Å². The summed E-state index contributed by atoms with van der Waals surface area (Å²) in [6.07, 6.45) is 0.151. The van der Waals surface area contributed by atoms with Crippen LogP contribution in [0.2, 0.25) is 0 Å². The van der Waals surface area contributed by atoms with Gasteiger partial charge in [-0.2, -0.15) is 4.31 Å². The fraction of sp³-hybridized carbons (Fsp3) is 0.364. The van der Waals surface area contributed by atoms with E-state index >= 15 is 0 Å². The summed E-state index contributed by atoms with van der Waals surface area (Å²) in [7, 11) is -2.00. The first-order chi connectivity index (χ1) is 14.9. The Labute approximate surface area is 182 Å². The molecule has 4 rings (SSSR count). The van der Waals surface area contributed by atoms with E-state index in [1.165, 1.54) is 4.31 Å². The summed E-state index contributed by atoms with van der Waals surface area (Å²) in [4.78, 5) is 29.1. The molecule has 2 aliphatic rings. The quantitative estimate of drug-likeness (QED) is 0.700. The molecular formula is C22H25N3O5S. The molecule has 1 unspecified atom stereocenters. The van der Waals surface area contributed by atoms with Crippen LogP contribution in [0.4, 0.5) is 5.69 Å². The van der Waals surface area contributed by atoms with Crippen molar-refractivity contribution in [2.75, 3.05) is 44.7 Å². The number of carbonyl (C=O) groups excluding carboxylic acids is 2. The van der Waals surface area contributed by atoms with Gasteiger partial charge in [0.1, 0.15) is 5.75 Å². The third kappa shape index (κ3) is 4.28. The fourth-order valence-electron chi connectivity index (χ4n) is 4.05. The zero-order valence-corrected chi connectivity index (χ0v) is 18.1. The van der Waals surface area contributed by atoms with Crippen molar-refractivity contribution in [3.05, 3.63) is 54.6 Å². The Morgan fingerprint density at radius 3 is 2.39 bits per heavy atom. The number of hydrogen-bond acceptors (Lipinski definition) is 5. The van der Waals surface area contributed by atoms with Crippen LogP contribution in [0.15, 0.2) is 59.5 Å². The molecule has 0 spiro atoms. The van der Waals surface area contributed by atoms with Gasteiger partial charge in [0.25, 0.3) is 0 Å². The second-order valence-corrected chi connectivity index (χ2v) is 9.59. The smallest absolute Gasteiger partial charge is 0.243 e. The molecule has 2 heterocycles. The van der Waals surface area contributed by atoms with E-state index in [4.69, 9.17) is 4.74 Å². The van der Waals surface area contributed by atoms with E-state index in [9.17, 15) is 18.0 Å². The lowest BCUT2D eigenvalue weighted by Crippen LogP contribution is -2.52. The summed E-state index contributed by atoms with van der Waals surface area (Å²) in [5, 5.41) is 0. The highest BCUT2D eigenvalue weighted by Crippen LogP contribution is 2.29. The van der Waals surface area contributed by atoms with E-state index in [1.807, 2.05) is 12.1 Å². The van der Waals surface area contributed by atoms with Crippen LogP contribution in [-0.2, 0) is 19.6 Å². The van der Waals surface area contributed by atoms with E-state index in [1.54, 1.807) is 59.4 Å². The van der Waals surface area contributed by atoms with Crippen LogP contribution >= 0.6 is 0 Å². The Morgan fingerprint density at radius 1 is 1.00 bits per heavy atom. The average molecular weight is 444 g/mol. The number of amides is 2. The standard InChI is InChI=1S/C22H25N3O5S/c1-30-19-7-5-6-18(15-19)25-16-17(14-21(25)26)22(27)23-10-12-24(13-11-23)31(28,29)20-8-3-2-4-9-20/h2-9,15,17H,10-14,16H2,1H3. The predicted molar refractivity (Wildman–Crippen MR) is 115 cm³/mol. The second kappa shape index (κ2) is 8.68. The van der Waals surface area contributed by atoms with Gasteiger partial charge in [-0.3, -0.25) is 9.59 Å². The number of anilines is 1. The average Bonchev–Trinajstić information content (AvgIpc) is 3.21. The maximum absolute atomic E-state index is 13.0. The molecule has 1 atom stereocenters. The van der Waals surface area contributed by atoms with E-state index in [2.05, 4.69) is 0 Å². The molecule has 2 aromatic carbocycles. The van der Waals surface area contributed by atoms with Gasteiger partial charge >= 0.3 is 0 Å². The SMILES string of the molecule is COc1cccc(N2CC(C(=O)N3CCN(S(=O)(=O)c4ccccc4)CC3)CC2=O)c1. The highest BCUT2D eigenvalue weighted by atomic mass is 32.2. The number of rotatable bonds is 5. The zero-order chi connectivity index (χ0) is 22.0. The van der Waals surface area contributed by atoms with Crippen molar-refractivity contribution in [1.29, 1.82) is 0 Å². The lowest BCUT2D eigenvalue weighted by atomic mass is 10.1. The summed E-state index contributed by atoms with van der Waals surface area (Å²) < 4.78 is 32.2. The first kappa shape index (κ1) is 21.3. The van der Waals surface area contributed by atoms with Crippen molar-refractivity contribution >= 4 is 27.5 Å². The van der Waals surface area contributed by atoms with Crippen molar-refractivity contribution in [3.8, 4) is 5.75 Å². The number of sulfonamides is 1. The molecule has 9 heteroatoms. The maximum atomic E-state index is 13.0. The van der Waals surface area contributed by atoms with Crippen LogP contribution in [0.5, 0.6) is 5.75 Å². The minimum absolute atomic E-state index is 0.100. The number of methoxy groups -OCH3 is 1. The molecule has 0 bridgehead atoms. The Bertz CT molecular complexity index is 1070. The van der Waals surface area contributed by atoms with Gasteiger partial charge < -0.3 is 14.5 Å². The maximum Gasteiger partial charge on any atom is 0.243 e. The van der Waals surface area contributed by atoms with E-state index in [0.717, 1.165) is 0 Å². The molecule has 0 aliphatic carbocycles. The largest absolute Gasteiger partial charge is 0.497 e. The molecule has 164 valence electrons. The first-order valence-corrected chi connectivity index (χ1v) is 11.6. The van der Waals surface area contributed by atoms with Gasteiger partial charge in [-0.1, -0.05) is 24.3 Å². The zero-order valence-electron chi connectivity index (χ0n) is 17.3. The van der Waals surface area contributed by atoms with Crippen molar-refractivity contribution in [1.82, 2.24) is 9.21 Å². The molecule has 0 saturated carbocycles. The van der Waals surface area contributed by atoms with Gasteiger partial charge in [0, 0.05) is 50.9 Å². The molecule has 0 aromatic heterocycles. The van der Waals surface area contributed by atoms with Crippen molar-refractivity contribution < 1.29 is 22.7 Å². The number of hydrogen-bond donors (Lipinski definition) is 0. The Kier molecular flexibility index (Phi) is 5.97. The van der Waals surface area contributed by atoms with E-state index < -0.39 is 15.9 Å². The third-order valence-electron chi connectivity index (χ3n) is 5.77. The molecule has 0 radical (unpaired) electrons. The molecular weight excluding hydrogens is 418 g/mol. The van der Waals surface area contributed by atoms with Crippen molar-refractivity contribution in [3.63, 3.8) is 0 Å². The minimum atomic E-state index is -3.57. The highest BCUT2D eigenvalue weighted by Gasteiger charge is 2.39. The van der Waals surface area contributed by atoms with Crippen molar-refractivity contribution in [2.45, 2.75) is 11.3 Å². The first-order valence-electron chi connectivity index (χ1n) is 10.2. The minimum Gasteiger partial charge on any atom is -0.497 e. The highest BCUT2D eigenvalue weighted by molar-refractivity contribution is 7.89. The Morgan fingerprint density at radius 2 is 1.71 bits per heavy atom. The van der Waals surface area contributed by atoms with Crippen LogP contribution in [0.25, 0.3) is 0 Å². The summed E-state index contributed by atoms with van der Waals surface area (Å²) >= 11 is 0. The number of carbonyl (C=O) groups is 2. The Hall–Kier alpha value is -2.91. The third-order valence-corrected chi connectivity index (χ3v) is 7.68. The molecule has 2 saturated heterocycles. The molecule has 2 fully saturated rings. The summed E-state index contributed by atoms with van der Waals surface area (Å²) in [5.41, 5.74) is 0.707. The monoisotopic (exact) mass is 443 g/mol. The topological polar surface area (TPSA) is 87.2 Å². The summed E-state index contributed by atoms with van der Waals surface area (Å²) in [5.74, 6) is 0.0132.